The molecule has 2 aromatic carbocycles. The van der Waals surface area contributed by atoms with E-state index < -0.39 is 33.4 Å². The van der Waals surface area contributed by atoms with E-state index in [0.29, 0.717) is 31.4 Å². The Kier molecular flexibility index (Phi) is 8.82. The molecule has 0 radical (unpaired) electrons. The molecule has 0 aliphatic carbocycles. The standard InChI is InChI=1S/C35H42N6O4S/c1-5-19-38(20-6-2)31(43)28-29-32(44)41(27(22-42)24-13-9-8-10-14-24)30(35(29)18-17-34(28,4)46-35)33(45)39(21-7-3)23-40-26-16-12-11-15-25(26)36-37-40/h5,7-16,27-30,42H,1,3,6,17-23H2,2,4H3/t27-,28-,29+,30?,34+,35?/m1/s1. The molecule has 1 N–H and O–H groups in total. The molecule has 10 nitrogen and oxygen atoms in total. The van der Waals surface area contributed by atoms with Crippen LogP contribution < -0.4 is 0 Å². The molecular weight excluding hydrogens is 600 g/mol. The molecule has 0 saturated carbocycles. The lowest BCUT2D eigenvalue weighted by molar-refractivity contribution is -0.148. The predicted octanol–water partition coefficient (Wildman–Crippen LogP) is 4.04. The van der Waals surface area contributed by atoms with Crippen LogP contribution in [-0.4, -0.2) is 94.3 Å². The number of para-hydroxylation sites is 1. The van der Waals surface area contributed by atoms with Crippen LogP contribution in [0.25, 0.3) is 11.0 Å². The fraction of sp³-hybridized carbons (Fsp3) is 0.457. The van der Waals surface area contributed by atoms with Crippen molar-refractivity contribution in [2.75, 3.05) is 26.2 Å². The fourth-order valence-corrected chi connectivity index (χ4v) is 10.4. The van der Waals surface area contributed by atoms with Gasteiger partial charge in [0.2, 0.25) is 17.7 Å². The Hall–Kier alpha value is -3.96. The Balaban J connectivity index is 1.46. The van der Waals surface area contributed by atoms with Gasteiger partial charge in [0.05, 0.1) is 34.7 Å². The van der Waals surface area contributed by atoms with Crippen LogP contribution in [0.5, 0.6) is 0 Å². The van der Waals surface area contributed by atoms with E-state index in [4.69, 9.17) is 0 Å². The SMILES string of the molecule is C=CCN(Cn1nnc2ccccc21)C(=O)C1N([C@H](CO)c2ccccc2)C(=O)[C@@H]2[C@H](C(=O)N(CC=C)CCC)[C@]3(C)CCC12S3. The number of carbonyl (C=O) groups excluding carboxylic acids is 3. The first-order valence-corrected chi connectivity index (χ1v) is 16.8. The molecule has 11 heteroatoms. The first-order chi connectivity index (χ1) is 22.2. The Morgan fingerprint density at radius 2 is 1.76 bits per heavy atom. The Morgan fingerprint density at radius 1 is 1.07 bits per heavy atom. The summed E-state index contributed by atoms with van der Waals surface area (Å²) >= 11 is 1.63. The van der Waals surface area contributed by atoms with Crippen molar-refractivity contribution in [2.45, 2.75) is 61.4 Å². The number of aromatic nitrogens is 3. The zero-order valence-electron chi connectivity index (χ0n) is 26.5. The van der Waals surface area contributed by atoms with Crippen LogP contribution in [0.1, 0.15) is 44.7 Å². The van der Waals surface area contributed by atoms with E-state index in [9.17, 15) is 14.7 Å². The third kappa shape index (κ3) is 5.04. The minimum Gasteiger partial charge on any atom is -0.394 e. The quantitative estimate of drug-likeness (QED) is 0.280. The van der Waals surface area contributed by atoms with E-state index in [-0.39, 0.29) is 37.5 Å². The van der Waals surface area contributed by atoms with E-state index in [2.05, 4.69) is 30.4 Å². The van der Waals surface area contributed by atoms with Gasteiger partial charge in [-0.2, -0.15) is 0 Å². The number of benzene rings is 2. The molecule has 1 aromatic heterocycles. The van der Waals surface area contributed by atoms with Gasteiger partial charge in [-0.25, -0.2) is 4.68 Å². The number of amides is 3. The fourth-order valence-electron chi connectivity index (χ4n) is 8.03. The Morgan fingerprint density at radius 3 is 2.46 bits per heavy atom. The number of fused-ring (bicyclic) bond motifs is 2. The maximum Gasteiger partial charge on any atom is 0.248 e. The largest absolute Gasteiger partial charge is 0.394 e. The van der Waals surface area contributed by atoms with Gasteiger partial charge in [-0.1, -0.05) is 66.8 Å². The summed E-state index contributed by atoms with van der Waals surface area (Å²) in [6.45, 7) is 12.8. The maximum absolute atomic E-state index is 15.1. The van der Waals surface area contributed by atoms with Gasteiger partial charge in [0.15, 0.2) is 0 Å². The number of hydrogen-bond acceptors (Lipinski definition) is 7. The summed E-state index contributed by atoms with van der Waals surface area (Å²) in [5.74, 6) is -1.89. The van der Waals surface area contributed by atoms with Gasteiger partial charge < -0.3 is 19.8 Å². The van der Waals surface area contributed by atoms with Crippen molar-refractivity contribution < 1.29 is 19.5 Å². The molecule has 2 bridgehead atoms. The van der Waals surface area contributed by atoms with Gasteiger partial charge in [-0.15, -0.1) is 30.0 Å². The third-order valence-electron chi connectivity index (χ3n) is 9.95. The van der Waals surface area contributed by atoms with Gasteiger partial charge >= 0.3 is 0 Å². The van der Waals surface area contributed by atoms with E-state index in [1.807, 2.05) is 61.5 Å². The molecule has 46 heavy (non-hydrogen) atoms. The van der Waals surface area contributed by atoms with Crippen LogP contribution in [-0.2, 0) is 21.1 Å². The molecule has 1 spiro atoms. The lowest BCUT2D eigenvalue weighted by Crippen LogP contribution is -2.56. The minimum atomic E-state index is -0.916. The summed E-state index contributed by atoms with van der Waals surface area (Å²) in [6.07, 6.45) is 5.48. The smallest absolute Gasteiger partial charge is 0.248 e. The molecule has 3 saturated heterocycles. The van der Waals surface area contributed by atoms with Gasteiger partial charge in [-0.05, 0) is 43.9 Å². The average molecular weight is 643 g/mol. The third-order valence-corrected chi connectivity index (χ3v) is 11.9. The molecule has 3 aliphatic heterocycles. The normalized spacial score (nSPS) is 27.1. The predicted molar refractivity (Wildman–Crippen MR) is 178 cm³/mol. The minimum absolute atomic E-state index is 0.0676. The van der Waals surface area contributed by atoms with Crippen molar-refractivity contribution in [1.82, 2.24) is 29.7 Å². The van der Waals surface area contributed by atoms with Crippen LogP contribution in [0.15, 0.2) is 79.9 Å². The number of hydrogen-bond donors (Lipinski definition) is 1. The molecule has 6 rings (SSSR count). The zero-order valence-corrected chi connectivity index (χ0v) is 27.3. The first-order valence-electron chi connectivity index (χ1n) is 16.0. The van der Waals surface area contributed by atoms with Crippen LogP contribution in [0, 0.1) is 11.8 Å². The lowest BCUT2D eigenvalue weighted by Gasteiger charge is -2.39. The summed E-state index contributed by atoms with van der Waals surface area (Å²) in [7, 11) is 0. The van der Waals surface area contributed by atoms with Crippen LogP contribution in [0.4, 0.5) is 0 Å². The monoisotopic (exact) mass is 642 g/mol. The molecule has 3 amide bonds. The summed E-state index contributed by atoms with van der Waals surface area (Å²) in [4.78, 5) is 49.4. The molecule has 2 unspecified atom stereocenters. The Bertz CT molecular complexity index is 1650. The van der Waals surface area contributed by atoms with Gasteiger partial charge in [-0.3, -0.25) is 14.4 Å². The highest BCUT2D eigenvalue weighted by Gasteiger charge is 2.78. The van der Waals surface area contributed by atoms with E-state index in [0.717, 1.165) is 17.5 Å². The molecule has 6 atom stereocenters. The maximum atomic E-state index is 15.1. The van der Waals surface area contributed by atoms with Crippen molar-refractivity contribution in [1.29, 1.82) is 0 Å². The highest BCUT2D eigenvalue weighted by atomic mass is 32.2. The molecule has 3 fully saturated rings. The lowest BCUT2D eigenvalue weighted by atomic mass is 9.66. The molecule has 242 valence electrons. The number of thioether (sulfide) groups is 1. The number of aliphatic hydroxyl groups excluding tert-OH is 1. The van der Waals surface area contributed by atoms with Crippen LogP contribution >= 0.6 is 11.8 Å². The number of rotatable bonds is 13. The zero-order chi connectivity index (χ0) is 32.6. The summed E-state index contributed by atoms with van der Waals surface area (Å²) in [6, 6.07) is 15.2. The topological polar surface area (TPSA) is 112 Å². The highest BCUT2D eigenvalue weighted by molar-refractivity contribution is 8.02. The second-order valence-electron chi connectivity index (χ2n) is 12.7. The molecular formula is C35H42N6O4S. The average Bonchev–Trinajstić information content (AvgIpc) is 3.77. The van der Waals surface area contributed by atoms with Gasteiger partial charge in [0, 0.05) is 24.4 Å². The van der Waals surface area contributed by atoms with Crippen LogP contribution in [0.2, 0.25) is 0 Å². The second kappa shape index (κ2) is 12.7. The van der Waals surface area contributed by atoms with Gasteiger partial charge in [0.25, 0.3) is 0 Å². The number of carbonyl (C=O) groups is 3. The van der Waals surface area contributed by atoms with Crippen LogP contribution in [0.3, 0.4) is 0 Å². The van der Waals surface area contributed by atoms with Crippen molar-refractivity contribution in [2.24, 2.45) is 11.8 Å². The van der Waals surface area contributed by atoms with E-state index in [1.54, 1.807) is 43.3 Å². The van der Waals surface area contributed by atoms with Crippen molar-refractivity contribution in [3.63, 3.8) is 0 Å². The molecule has 3 aromatic rings. The molecule has 3 aliphatic rings. The van der Waals surface area contributed by atoms with Crippen molar-refractivity contribution in [3.8, 4) is 0 Å². The number of nitrogens with zero attached hydrogens (tertiary/aromatic N) is 6. The highest BCUT2D eigenvalue weighted by Crippen LogP contribution is 2.72. The van der Waals surface area contributed by atoms with Gasteiger partial charge in [0.1, 0.15) is 18.2 Å². The number of aliphatic hydroxyl groups is 1. The van der Waals surface area contributed by atoms with Crippen molar-refractivity contribution in [3.05, 3.63) is 85.5 Å². The van der Waals surface area contributed by atoms with E-state index >= 15 is 4.79 Å². The van der Waals surface area contributed by atoms with Crippen molar-refractivity contribution >= 4 is 40.5 Å². The number of likely N-dealkylation sites (tertiary alicyclic amines) is 1. The first kappa shape index (κ1) is 32.0. The molecule has 4 heterocycles. The summed E-state index contributed by atoms with van der Waals surface area (Å²) in [5.41, 5.74) is 2.23. The Labute approximate surface area is 274 Å². The second-order valence-corrected chi connectivity index (χ2v) is 14.6. The summed E-state index contributed by atoms with van der Waals surface area (Å²) in [5, 5.41) is 19.5. The summed E-state index contributed by atoms with van der Waals surface area (Å²) < 4.78 is 0.321. The van der Waals surface area contributed by atoms with E-state index in [1.165, 1.54) is 0 Å².